The number of benzene rings is 1. The molecular formula is C14H20N2O2. The molecule has 2 rings (SSSR count). The van der Waals surface area contributed by atoms with E-state index in [-0.39, 0.29) is 10.6 Å². The Morgan fingerprint density at radius 3 is 2.22 bits per heavy atom. The highest BCUT2D eigenvalue weighted by Crippen LogP contribution is 2.14. The van der Waals surface area contributed by atoms with Crippen molar-refractivity contribution in [3.8, 4) is 0 Å². The van der Waals surface area contributed by atoms with Gasteiger partial charge in [0.25, 0.3) is 5.69 Å². The topological polar surface area (TPSA) is 46.4 Å². The molecule has 0 bridgehead atoms. The van der Waals surface area contributed by atoms with Crippen molar-refractivity contribution in [1.29, 1.82) is 0 Å². The molecule has 18 heavy (non-hydrogen) atoms. The molecule has 0 saturated carbocycles. The van der Waals surface area contributed by atoms with Crippen LogP contribution in [0.5, 0.6) is 0 Å². The number of nitro benzene ring substituents is 1. The van der Waals surface area contributed by atoms with Crippen LogP contribution in [0.4, 0.5) is 5.69 Å². The molecule has 0 unspecified atom stereocenters. The molecule has 0 N–H and O–H groups in total. The van der Waals surface area contributed by atoms with Crippen molar-refractivity contribution in [3.05, 3.63) is 39.9 Å². The second-order valence-electron chi connectivity index (χ2n) is 4.93. The Labute approximate surface area is 108 Å². The smallest absolute Gasteiger partial charge is 0.269 e. The number of hydrogen-bond donors (Lipinski definition) is 0. The first-order valence-electron chi connectivity index (χ1n) is 6.71. The Morgan fingerprint density at radius 1 is 1.06 bits per heavy atom. The van der Waals surface area contributed by atoms with Crippen LogP contribution in [0.15, 0.2) is 24.3 Å². The third-order valence-electron chi connectivity index (χ3n) is 3.56. The summed E-state index contributed by atoms with van der Waals surface area (Å²) in [5.41, 5.74) is 1.36. The predicted molar refractivity (Wildman–Crippen MR) is 71.7 cm³/mol. The van der Waals surface area contributed by atoms with Crippen LogP contribution in [0.2, 0.25) is 0 Å². The summed E-state index contributed by atoms with van der Waals surface area (Å²) in [6.07, 6.45) is 6.31. The van der Waals surface area contributed by atoms with Crippen molar-refractivity contribution in [1.82, 2.24) is 4.90 Å². The molecule has 4 nitrogen and oxygen atoms in total. The summed E-state index contributed by atoms with van der Waals surface area (Å²) in [7, 11) is 0. The van der Waals surface area contributed by atoms with Gasteiger partial charge < -0.3 is 4.90 Å². The van der Waals surface area contributed by atoms with Gasteiger partial charge in [-0.1, -0.05) is 25.0 Å². The third-order valence-corrected chi connectivity index (χ3v) is 3.56. The zero-order chi connectivity index (χ0) is 12.8. The zero-order valence-electron chi connectivity index (χ0n) is 10.7. The fourth-order valence-electron chi connectivity index (χ4n) is 2.43. The van der Waals surface area contributed by atoms with Gasteiger partial charge in [-0.15, -0.1) is 0 Å². The van der Waals surface area contributed by atoms with E-state index < -0.39 is 0 Å². The van der Waals surface area contributed by atoms with Crippen LogP contribution in [0.1, 0.15) is 31.2 Å². The standard InChI is InChI=1S/C14H20N2O2/c17-16(18)14-7-5-13(6-8-14)9-12-15-10-3-1-2-4-11-15/h5-8H,1-4,9-12H2. The van der Waals surface area contributed by atoms with E-state index in [4.69, 9.17) is 0 Å². The van der Waals surface area contributed by atoms with Gasteiger partial charge in [0.15, 0.2) is 0 Å². The molecule has 1 saturated heterocycles. The molecule has 1 fully saturated rings. The number of likely N-dealkylation sites (tertiary alicyclic amines) is 1. The summed E-state index contributed by atoms with van der Waals surface area (Å²) in [4.78, 5) is 12.7. The minimum absolute atomic E-state index is 0.175. The van der Waals surface area contributed by atoms with Gasteiger partial charge in [0.1, 0.15) is 0 Å². The van der Waals surface area contributed by atoms with Gasteiger partial charge in [0.2, 0.25) is 0 Å². The van der Waals surface area contributed by atoms with Crippen LogP contribution in [0.3, 0.4) is 0 Å². The van der Waals surface area contributed by atoms with Crippen molar-refractivity contribution < 1.29 is 4.92 Å². The maximum atomic E-state index is 10.6. The first-order chi connectivity index (χ1) is 8.75. The molecule has 0 atom stereocenters. The monoisotopic (exact) mass is 248 g/mol. The normalized spacial score (nSPS) is 17.3. The number of nitro groups is 1. The van der Waals surface area contributed by atoms with Crippen molar-refractivity contribution in [3.63, 3.8) is 0 Å². The van der Waals surface area contributed by atoms with E-state index in [0.29, 0.717) is 0 Å². The summed E-state index contributed by atoms with van der Waals surface area (Å²) in [6, 6.07) is 6.93. The summed E-state index contributed by atoms with van der Waals surface area (Å²) in [5, 5.41) is 10.6. The Hall–Kier alpha value is -1.42. The van der Waals surface area contributed by atoms with E-state index in [9.17, 15) is 10.1 Å². The first-order valence-corrected chi connectivity index (χ1v) is 6.71. The quantitative estimate of drug-likeness (QED) is 0.608. The highest BCUT2D eigenvalue weighted by molar-refractivity contribution is 5.32. The van der Waals surface area contributed by atoms with Gasteiger partial charge in [-0.2, -0.15) is 0 Å². The lowest BCUT2D eigenvalue weighted by Crippen LogP contribution is -2.26. The molecule has 0 aromatic heterocycles. The van der Waals surface area contributed by atoms with E-state index in [1.54, 1.807) is 12.1 Å². The van der Waals surface area contributed by atoms with Crippen LogP contribution in [-0.4, -0.2) is 29.5 Å². The molecule has 0 aliphatic carbocycles. The Balaban J connectivity index is 1.83. The number of non-ortho nitro benzene ring substituents is 1. The Bertz CT molecular complexity index is 381. The van der Waals surface area contributed by atoms with E-state index in [1.165, 1.54) is 44.3 Å². The Morgan fingerprint density at radius 2 is 1.67 bits per heavy atom. The number of rotatable bonds is 4. The second-order valence-corrected chi connectivity index (χ2v) is 4.93. The minimum Gasteiger partial charge on any atom is -0.303 e. The summed E-state index contributed by atoms with van der Waals surface area (Å²) in [6.45, 7) is 3.47. The summed E-state index contributed by atoms with van der Waals surface area (Å²) >= 11 is 0. The average Bonchev–Trinajstić information content (AvgIpc) is 2.65. The zero-order valence-corrected chi connectivity index (χ0v) is 10.7. The number of nitrogens with zero attached hydrogens (tertiary/aromatic N) is 2. The molecule has 0 spiro atoms. The molecule has 1 aliphatic rings. The van der Waals surface area contributed by atoms with Crippen LogP contribution in [0.25, 0.3) is 0 Å². The van der Waals surface area contributed by atoms with E-state index in [1.807, 2.05) is 12.1 Å². The van der Waals surface area contributed by atoms with Crippen LogP contribution >= 0.6 is 0 Å². The van der Waals surface area contributed by atoms with E-state index >= 15 is 0 Å². The lowest BCUT2D eigenvalue weighted by Gasteiger charge is -2.19. The Kier molecular flexibility index (Phi) is 4.70. The second kappa shape index (κ2) is 6.50. The third kappa shape index (κ3) is 3.81. The molecular weight excluding hydrogens is 228 g/mol. The highest BCUT2D eigenvalue weighted by atomic mass is 16.6. The SMILES string of the molecule is O=[N+]([O-])c1ccc(CCN2CCCCCC2)cc1. The molecule has 0 radical (unpaired) electrons. The minimum atomic E-state index is -0.349. The molecule has 1 heterocycles. The van der Waals surface area contributed by atoms with Crippen LogP contribution in [-0.2, 0) is 6.42 Å². The molecule has 0 amide bonds. The fourth-order valence-corrected chi connectivity index (χ4v) is 2.43. The fraction of sp³-hybridized carbons (Fsp3) is 0.571. The van der Waals surface area contributed by atoms with Crippen molar-refractivity contribution in [2.24, 2.45) is 0 Å². The molecule has 1 aromatic carbocycles. The molecule has 1 aromatic rings. The van der Waals surface area contributed by atoms with Gasteiger partial charge in [0, 0.05) is 18.7 Å². The average molecular weight is 248 g/mol. The van der Waals surface area contributed by atoms with Crippen molar-refractivity contribution in [2.75, 3.05) is 19.6 Å². The molecule has 98 valence electrons. The molecule has 1 aliphatic heterocycles. The lowest BCUT2D eigenvalue weighted by atomic mass is 10.1. The van der Waals surface area contributed by atoms with Crippen LogP contribution in [0, 0.1) is 10.1 Å². The summed E-state index contributed by atoms with van der Waals surface area (Å²) in [5.74, 6) is 0. The van der Waals surface area contributed by atoms with Gasteiger partial charge in [-0.05, 0) is 37.9 Å². The number of hydrogen-bond acceptors (Lipinski definition) is 3. The summed E-state index contributed by atoms with van der Waals surface area (Å²) < 4.78 is 0. The lowest BCUT2D eigenvalue weighted by molar-refractivity contribution is -0.384. The predicted octanol–water partition coefficient (Wildman–Crippen LogP) is 3.01. The first kappa shape index (κ1) is 13.0. The van der Waals surface area contributed by atoms with E-state index in [0.717, 1.165) is 13.0 Å². The maximum Gasteiger partial charge on any atom is 0.269 e. The maximum absolute atomic E-state index is 10.6. The van der Waals surface area contributed by atoms with E-state index in [2.05, 4.69) is 4.90 Å². The van der Waals surface area contributed by atoms with Gasteiger partial charge in [-0.25, -0.2) is 0 Å². The van der Waals surface area contributed by atoms with Crippen molar-refractivity contribution >= 4 is 5.69 Å². The largest absolute Gasteiger partial charge is 0.303 e. The molecule has 4 heteroatoms. The van der Waals surface area contributed by atoms with Crippen LogP contribution < -0.4 is 0 Å². The van der Waals surface area contributed by atoms with Crippen molar-refractivity contribution in [2.45, 2.75) is 32.1 Å². The van der Waals surface area contributed by atoms with Gasteiger partial charge in [-0.3, -0.25) is 10.1 Å². The highest BCUT2D eigenvalue weighted by Gasteiger charge is 2.09. The van der Waals surface area contributed by atoms with Gasteiger partial charge >= 0.3 is 0 Å². The van der Waals surface area contributed by atoms with Gasteiger partial charge in [0.05, 0.1) is 4.92 Å².